The number of phenolic OH excluding ortho intramolecular Hbond substituents is 2. The number of hydrogen-bond donors (Lipinski definition) is 2. The third-order valence-corrected chi connectivity index (χ3v) is 19.4. The molecule has 3 aliphatic rings. The molecule has 8 rings (SSSR count). The number of likely N-dealkylation sites (tertiary alicyclic amines) is 1. The number of benzene rings is 4. The lowest BCUT2D eigenvalue weighted by molar-refractivity contribution is -0.386. The molecule has 2 aliphatic carbocycles. The lowest BCUT2D eigenvalue weighted by Crippen LogP contribution is -2.45. The van der Waals surface area contributed by atoms with Crippen molar-refractivity contribution in [2.75, 3.05) is 13.1 Å². The number of nitro benzene ring substituents is 2. The van der Waals surface area contributed by atoms with Crippen molar-refractivity contribution in [2.24, 2.45) is 34.5 Å². The Bertz CT molecular complexity index is 2990. The Balaban J connectivity index is -0.000000147. The fourth-order valence-electron chi connectivity index (χ4n) is 10.7. The van der Waals surface area contributed by atoms with Gasteiger partial charge in [-0.15, -0.1) is 11.3 Å². The molecule has 1 unspecified atom stereocenters. The number of piperidine rings is 1. The molecule has 1 aliphatic heterocycles. The van der Waals surface area contributed by atoms with Crippen LogP contribution in [0.3, 0.4) is 0 Å². The molecule has 0 bridgehead atoms. The summed E-state index contributed by atoms with van der Waals surface area (Å²) in [6, 6.07) is 30.7. The first kappa shape index (κ1) is 123. The SMILES string of the molecule is C.CC.CC.CC.CC.CC.CC.CC.CC.CC(C)(C)c1ccc(O)c([N+](=O)[O-])c1.CC(C)(C)c1ccc([N+](=O)[O-])c(O)c1.CC1CC=C(C(C)(C)C)CC1.CC1CCC(C(C)(C)C)CC1.CC1CCN(C(C)(C)C)CC1.Cc1ccc(C(C)(C)C)cc1.Cc1ccc(C(C)(C)C)s1.Cc1cccc(C(C)(C)C)c1. The van der Waals surface area contributed by atoms with E-state index in [-0.39, 0.29) is 52.0 Å². The summed E-state index contributed by atoms with van der Waals surface area (Å²) >= 11 is 1.89. The van der Waals surface area contributed by atoms with Gasteiger partial charge in [0.1, 0.15) is 0 Å². The maximum Gasteiger partial charge on any atom is 0.310 e. The van der Waals surface area contributed by atoms with Crippen LogP contribution in [0.15, 0.2) is 109 Å². The van der Waals surface area contributed by atoms with Crippen LogP contribution in [0.4, 0.5) is 11.4 Å². The van der Waals surface area contributed by atoms with Gasteiger partial charge in [0.15, 0.2) is 11.5 Å². The highest BCUT2D eigenvalue weighted by molar-refractivity contribution is 7.12. The number of nitro groups is 2. The minimum atomic E-state index is -0.595. The lowest BCUT2D eigenvalue weighted by Gasteiger charge is -2.40. The van der Waals surface area contributed by atoms with Crippen molar-refractivity contribution in [2.45, 2.75) is 416 Å². The average molecular weight is 1560 g/mol. The minimum Gasteiger partial charge on any atom is -0.502 e. The maximum atomic E-state index is 10.5. The number of hydrogen-bond acceptors (Lipinski definition) is 8. The topological polar surface area (TPSA) is 130 Å². The highest BCUT2D eigenvalue weighted by atomic mass is 32.1. The Kier molecular flexibility index (Phi) is 70.4. The van der Waals surface area contributed by atoms with Crippen LogP contribution < -0.4 is 0 Å². The zero-order valence-corrected chi connectivity index (χ0v) is 81.5. The van der Waals surface area contributed by atoms with Crippen molar-refractivity contribution in [3.05, 3.63) is 172 Å². The van der Waals surface area contributed by atoms with Gasteiger partial charge >= 0.3 is 11.4 Å². The van der Waals surface area contributed by atoms with E-state index in [0.717, 1.165) is 34.8 Å². The maximum absolute atomic E-state index is 10.5. The molecule has 5 aromatic rings. The molecule has 2 N–H and O–H groups in total. The van der Waals surface area contributed by atoms with Crippen LogP contribution in [0.5, 0.6) is 11.5 Å². The molecule has 0 radical (unpaired) electrons. The van der Waals surface area contributed by atoms with E-state index in [2.05, 4.69) is 238 Å². The smallest absolute Gasteiger partial charge is 0.310 e. The highest BCUT2D eigenvalue weighted by Crippen LogP contribution is 2.40. The van der Waals surface area contributed by atoms with Gasteiger partial charge in [0.25, 0.3) is 0 Å². The van der Waals surface area contributed by atoms with Crippen molar-refractivity contribution in [3.63, 3.8) is 0 Å². The largest absolute Gasteiger partial charge is 0.502 e. The first-order valence-corrected chi connectivity index (χ1v) is 43.6. The standard InChI is InChI=1S/C11H22.C11H20.2C11H16.2C10H13NO3.C10H21N.C9H14S.8C2H6.CH4/c3*1-9-5-7-10(8-6-9)11(2,3)4;1-9-6-5-7-10(8-9)11(2,3)4;1-10(2,3)7-4-5-9(12)8(6-7)11(13)14;1-10(2,3)7-4-5-8(11(13)14)9(12)6-7;1-9-5-7-11(8-6-9)10(2,3)4;1-7-5-6-8(10-7)9(2,3)4;8*1-2;/h9-10H,5-8H2,1-4H3;7,9H,5-6,8H2,1-4H3;2*5-8H,1-4H3;2*4-6,12H,1-3H3;9H,5-8H2,1-4H3;5-6H,1-4H3;8*1-2H3;1H4. The van der Waals surface area contributed by atoms with Crippen LogP contribution in [0.2, 0.25) is 0 Å². The molecule has 4 aromatic carbocycles. The molecule has 9 nitrogen and oxygen atoms in total. The number of allylic oxidation sites excluding steroid dienone is 2. The van der Waals surface area contributed by atoms with E-state index in [4.69, 9.17) is 0 Å². The van der Waals surface area contributed by atoms with Gasteiger partial charge in [-0.05, 0) is 208 Å². The number of nitrogens with zero attached hydrogens (tertiary/aromatic N) is 3. The van der Waals surface area contributed by atoms with Crippen molar-refractivity contribution < 1.29 is 20.1 Å². The molecule has 110 heavy (non-hydrogen) atoms. The molecular formula is C100H187N3O6S. The molecule has 1 saturated heterocycles. The zero-order valence-electron chi connectivity index (χ0n) is 80.7. The quantitative estimate of drug-likeness (QED) is 0.102. The molecule has 644 valence electrons. The number of thiophene rings is 1. The fraction of sp³-hybridized carbons (Fsp3) is 0.700. The highest BCUT2D eigenvalue weighted by Gasteiger charge is 2.29. The van der Waals surface area contributed by atoms with Crippen molar-refractivity contribution in [3.8, 4) is 11.5 Å². The van der Waals surface area contributed by atoms with Crippen LogP contribution in [0.1, 0.15) is 406 Å². The molecule has 1 atom stereocenters. The molecule has 2 heterocycles. The number of phenols is 2. The summed E-state index contributed by atoms with van der Waals surface area (Å²) in [5.41, 5.74) is 10.4. The van der Waals surface area contributed by atoms with Crippen LogP contribution in [0, 0.1) is 75.5 Å². The third kappa shape index (κ3) is 57.7. The molecule has 10 heteroatoms. The van der Waals surface area contributed by atoms with Gasteiger partial charge in [0.2, 0.25) is 0 Å². The lowest BCUT2D eigenvalue weighted by atomic mass is 9.70. The number of rotatable bonds is 2. The summed E-state index contributed by atoms with van der Waals surface area (Å²) in [6.07, 6.45) is 15.1. The zero-order chi connectivity index (χ0) is 88.1. The Hall–Kier alpha value is -5.32. The minimum absolute atomic E-state index is 0. The number of aromatic hydroxyl groups is 2. The van der Waals surface area contributed by atoms with Crippen LogP contribution in [-0.2, 0) is 27.1 Å². The molecule has 1 saturated carbocycles. The van der Waals surface area contributed by atoms with Gasteiger partial charge in [-0.1, -0.05) is 381 Å². The van der Waals surface area contributed by atoms with Crippen LogP contribution in [0.25, 0.3) is 0 Å². The average Bonchev–Trinajstić information content (AvgIpc) is 1.04. The second-order valence-corrected chi connectivity index (χ2v) is 36.6. The van der Waals surface area contributed by atoms with E-state index in [1.54, 1.807) is 17.7 Å². The van der Waals surface area contributed by atoms with Crippen molar-refractivity contribution >= 4 is 22.7 Å². The van der Waals surface area contributed by atoms with E-state index >= 15 is 0 Å². The normalized spacial score (nSPS) is 15.2. The first-order valence-electron chi connectivity index (χ1n) is 42.8. The fourth-order valence-corrected chi connectivity index (χ4v) is 11.7. The van der Waals surface area contributed by atoms with E-state index < -0.39 is 9.85 Å². The third-order valence-electron chi connectivity index (χ3n) is 18.0. The molecular weight excluding hydrogens is 1370 g/mol. The van der Waals surface area contributed by atoms with E-state index in [0.29, 0.717) is 21.8 Å². The van der Waals surface area contributed by atoms with E-state index in [9.17, 15) is 30.4 Å². The summed E-state index contributed by atoms with van der Waals surface area (Å²) in [4.78, 5) is 25.3. The summed E-state index contributed by atoms with van der Waals surface area (Å²) in [7, 11) is 0. The Morgan fingerprint density at radius 2 is 0.773 bits per heavy atom. The predicted octanol–water partition coefficient (Wildman–Crippen LogP) is 34.1. The van der Waals surface area contributed by atoms with E-state index in [1.807, 2.05) is 164 Å². The summed E-state index contributed by atoms with van der Waals surface area (Å²) in [5.74, 6) is 3.28. The van der Waals surface area contributed by atoms with Crippen LogP contribution >= 0.6 is 11.3 Å². The van der Waals surface area contributed by atoms with Crippen LogP contribution in [-0.4, -0.2) is 43.6 Å². The second kappa shape index (κ2) is 63.0. The van der Waals surface area contributed by atoms with Crippen molar-refractivity contribution in [1.29, 1.82) is 0 Å². The Labute approximate surface area is 691 Å². The Morgan fingerprint density at radius 3 is 1.07 bits per heavy atom. The summed E-state index contributed by atoms with van der Waals surface area (Å²) in [6.45, 7) is 101. The summed E-state index contributed by atoms with van der Waals surface area (Å²) < 4.78 is 0. The molecule has 0 spiro atoms. The van der Waals surface area contributed by atoms with Gasteiger partial charge in [0, 0.05) is 27.4 Å². The van der Waals surface area contributed by atoms with Gasteiger partial charge in [-0.3, -0.25) is 25.1 Å². The monoisotopic (exact) mass is 1560 g/mol. The van der Waals surface area contributed by atoms with Gasteiger partial charge in [-0.2, -0.15) is 0 Å². The first-order chi connectivity index (χ1) is 50.1. The molecule has 1 aromatic heterocycles. The summed E-state index contributed by atoms with van der Waals surface area (Å²) in [5, 5.41) is 39.6. The number of aryl methyl sites for hydroxylation is 3. The van der Waals surface area contributed by atoms with Crippen molar-refractivity contribution in [1.82, 2.24) is 4.90 Å². The van der Waals surface area contributed by atoms with Gasteiger partial charge in [-0.25, -0.2) is 0 Å². The van der Waals surface area contributed by atoms with Gasteiger partial charge < -0.3 is 10.2 Å². The van der Waals surface area contributed by atoms with E-state index in [1.165, 1.54) is 127 Å². The predicted molar refractivity (Wildman–Crippen MR) is 503 cm³/mol. The molecule has 2 fully saturated rings. The second-order valence-electron chi connectivity index (χ2n) is 35.3. The van der Waals surface area contributed by atoms with Gasteiger partial charge in [0.05, 0.1) is 9.85 Å². The Morgan fingerprint density at radius 1 is 0.391 bits per heavy atom. The molecule has 0 amide bonds.